The van der Waals surface area contributed by atoms with Crippen LogP contribution in [-0.2, 0) is 12.7 Å². The maximum Gasteiger partial charge on any atom is 0.416 e. The number of alkyl halides is 3. The first-order valence-corrected chi connectivity index (χ1v) is 11.2. The van der Waals surface area contributed by atoms with E-state index in [1.807, 2.05) is 0 Å². The molecule has 0 aliphatic heterocycles. The van der Waals surface area contributed by atoms with Crippen LogP contribution in [0.4, 0.5) is 18.9 Å². The van der Waals surface area contributed by atoms with Gasteiger partial charge >= 0.3 is 6.18 Å². The highest BCUT2D eigenvalue weighted by Crippen LogP contribution is 2.30. The van der Waals surface area contributed by atoms with Crippen LogP contribution in [0.2, 0.25) is 15.1 Å². The van der Waals surface area contributed by atoms with Crippen LogP contribution in [0.5, 0.6) is 0 Å². The molecular weight excluding hydrogens is 526 g/mol. The highest BCUT2D eigenvalue weighted by atomic mass is 35.5. The molecule has 4 rings (SSSR count). The molecule has 180 valence electrons. The first-order valence-electron chi connectivity index (χ1n) is 10.0. The van der Waals surface area contributed by atoms with Gasteiger partial charge in [-0.3, -0.25) is 14.3 Å². The molecule has 1 aromatic heterocycles. The Morgan fingerprint density at radius 2 is 1.51 bits per heavy atom. The molecule has 0 aliphatic carbocycles. The van der Waals surface area contributed by atoms with Gasteiger partial charge in [-0.1, -0.05) is 46.9 Å². The summed E-state index contributed by atoms with van der Waals surface area (Å²) in [5.74, 6) is -0.788. The molecule has 11 heteroatoms. The summed E-state index contributed by atoms with van der Waals surface area (Å²) in [4.78, 5) is 26.2. The minimum absolute atomic E-state index is 0.101. The maximum absolute atomic E-state index is 13.3. The lowest BCUT2D eigenvalue weighted by Crippen LogP contribution is -2.26. The predicted octanol–water partition coefficient (Wildman–Crippen LogP) is 6.92. The van der Waals surface area contributed by atoms with Crippen molar-refractivity contribution in [2.75, 3.05) is 5.32 Å². The van der Waals surface area contributed by atoms with Crippen molar-refractivity contribution in [3.63, 3.8) is 0 Å². The zero-order valence-corrected chi connectivity index (χ0v) is 19.9. The van der Waals surface area contributed by atoms with Gasteiger partial charge in [-0.05, 0) is 60.2 Å². The van der Waals surface area contributed by atoms with Gasteiger partial charge in [-0.2, -0.15) is 13.2 Å². The van der Waals surface area contributed by atoms with Crippen LogP contribution in [0.3, 0.4) is 0 Å². The van der Waals surface area contributed by atoms with Crippen molar-refractivity contribution in [3.8, 4) is 5.69 Å². The van der Waals surface area contributed by atoms with Gasteiger partial charge in [0, 0.05) is 21.9 Å². The lowest BCUT2D eigenvalue weighted by molar-refractivity contribution is -0.137. The topological polar surface area (TPSA) is 56.0 Å². The molecule has 0 spiro atoms. The molecule has 0 aliphatic rings. The molecule has 0 unspecified atom stereocenters. The summed E-state index contributed by atoms with van der Waals surface area (Å²) in [6.07, 6.45) is -3.16. The SMILES string of the molecule is O=C(Nc1ccc(C(F)(F)F)cc1)c1cn(Cc2ccc(Cl)cc2)n(-c2ccc(Cl)cc2Cl)c1=O. The van der Waals surface area contributed by atoms with Crippen LogP contribution in [0.15, 0.2) is 77.7 Å². The number of carbonyl (C=O) groups excluding carboxylic acids is 1. The number of nitrogens with one attached hydrogen (secondary N) is 1. The maximum atomic E-state index is 13.3. The third kappa shape index (κ3) is 5.56. The smallest absolute Gasteiger partial charge is 0.322 e. The third-order valence-electron chi connectivity index (χ3n) is 5.07. The lowest BCUT2D eigenvalue weighted by Gasteiger charge is -2.13. The fraction of sp³-hybridized carbons (Fsp3) is 0.0833. The first kappa shape index (κ1) is 24.9. The molecule has 35 heavy (non-hydrogen) atoms. The molecule has 1 amide bonds. The largest absolute Gasteiger partial charge is 0.416 e. The molecule has 5 nitrogen and oxygen atoms in total. The van der Waals surface area contributed by atoms with E-state index in [1.54, 1.807) is 36.4 Å². The molecule has 3 aromatic carbocycles. The summed E-state index contributed by atoms with van der Waals surface area (Å²) in [6.45, 7) is 0.193. The lowest BCUT2D eigenvalue weighted by atomic mass is 10.2. The minimum atomic E-state index is -4.51. The standard InChI is InChI=1S/C24H15Cl3F3N3O2/c25-16-5-1-14(2-6-16)12-32-13-19(23(35)33(32)21-10-7-17(26)11-20(21)27)22(34)31-18-8-3-15(4-9-18)24(28,29)30/h1-11,13H,12H2,(H,31,34). The van der Waals surface area contributed by atoms with Crippen LogP contribution in [0, 0.1) is 0 Å². The normalized spacial score (nSPS) is 11.5. The highest BCUT2D eigenvalue weighted by molar-refractivity contribution is 6.35. The van der Waals surface area contributed by atoms with Crippen molar-refractivity contribution in [1.82, 2.24) is 9.36 Å². The van der Waals surface area contributed by atoms with Gasteiger partial charge in [0.25, 0.3) is 11.5 Å². The average Bonchev–Trinajstić information content (AvgIpc) is 3.11. The van der Waals surface area contributed by atoms with Gasteiger partial charge < -0.3 is 5.32 Å². The van der Waals surface area contributed by atoms with Crippen LogP contribution < -0.4 is 10.9 Å². The number of hydrogen-bond acceptors (Lipinski definition) is 2. The zero-order valence-electron chi connectivity index (χ0n) is 17.6. The van der Waals surface area contributed by atoms with Crippen molar-refractivity contribution in [2.24, 2.45) is 0 Å². The Balaban J connectivity index is 1.73. The Labute approximate surface area is 212 Å². The van der Waals surface area contributed by atoms with E-state index in [0.29, 0.717) is 15.7 Å². The van der Waals surface area contributed by atoms with Crippen LogP contribution in [0.25, 0.3) is 5.69 Å². The number of nitrogens with zero attached hydrogens (tertiary/aromatic N) is 2. The number of carbonyl (C=O) groups is 1. The molecule has 0 fully saturated rings. The number of rotatable bonds is 5. The van der Waals surface area contributed by atoms with Crippen molar-refractivity contribution < 1.29 is 18.0 Å². The second-order valence-electron chi connectivity index (χ2n) is 7.51. The van der Waals surface area contributed by atoms with E-state index in [9.17, 15) is 22.8 Å². The summed E-state index contributed by atoms with van der Waals surface area (Å²) < 4.78 is 41.2. The molecular formula is C24H15Cl3F3N3O2. The Bertz CT molecular complexity index is 1440. The third-order valence-corrected chi connectivity index (χ3v) is 5.86. The highest BCUT2D eigenvalue weighted by Gasteiger charge is 2.30. The average molecular weight is 541 g/mol. The summed E-state index contributed by atoms with van der Waals surface area (Å²) in [6, 6.07) is 15.4. The molecule has 0 saturated carbocycles. The number of amides is 1. The van der Waals surface area contributed by atoms with E-state index >= 15 is 0 Å². The number of halogens is 6. The van der Waals surface area contributed by atoms with Crippen molar-refractivity contribution in [2.45, 2.75) is 12.7 Å². The monoisotopic (exact) mass is 539 g/mol. The van der Waals surface area contributed by atoms with E-state index in [2.05, 4.69) is 5.32 Å². The van der Waals surface area contributed by atoms with Gasteiger partial charge in [0.15, 0.2) is 0 Å². The summed E-state index contributed by atoms with van der Waals surface area (Å²) >= 11 is 18.3. The molecule has 0 bridgehead atoms. The van der Waals surface area contributed by atoms with Gasteiger partial charge in [0.05, 0.1) is 22.8 Å². The van der Waals surface area contributed by atoms with Crippen molar-refractivity contribution in [1.29, 1.82) is 0 Å². The molecule has 4 aromatic rings. The Kier molecular flexibility index (Phi) is 6.98. The van der Waals surface area contributed by atoms with E-state index < -0.39 is 23.2 Å². The number of hydrogen-bond donors (Lipinski definition) is 1. The summed E-state index contributed by atoms with van der Waals surface area (Å²) in [7, 11) is 0. The number of aromatic nitrogens is 2. The summed E-state index contributed by atoms with van der Waals surface area (Å²) in [5, 5.41) is 3.55. The van der Waals surface area contributed by atoms with E-state index in [-0.39, 0.29) is 22.8 Å². The quantitative estimate of drug-likeness (QED) is 0.299. The van der Waals surface area contributed by atoms with Crippen LogP contribution in [0.1, 0.15) is 21.5 Å². The summed E-state index contributed by atoms with van der Waals surface area (Å²) in [5.41, 5.74) is -0.577. The zero-order chi connectivity index (χ0) is 25.3. The number of anilines is 1. The molecule has 1 N–H and O–H groups in total. The van der Waals surface area contributed by atoms with Gasteiger partial charge in [0.1, 0.15) is 5.56 Å². The van der Waals surface area contributed by atoms with E-state index in [4.69, 9.17) is 34.8 Å². The second-order valence-corrected chi connectivity index (χ2v) is 8.79. The Morgan fingerprint density at radius 3 is 2.11 bits per heavy atom. The molecule has 1 heterocycles. The fourth-order valence-electron chi connectivity index (χ4n) is 3.38. The second kappa shape index (κ2) is 9.81. The predicted molar refractivity (Wildman–Crippen MR) is 130 cm³/mol. The molecule has 0 saturated heterocycles. The molecule has 0 radical (unpaired) electrons. The van der Waals surface area contributed by atoms with Gasteiger partial charge in [0.2, 0.25) is 0 Å². The molecule has 0 atom stereocenters. The van der Waals surface area contributed by atoms with E-state index in [0.717, 1.165) is 29.8 Å². The van der Waals surface area contributed by atoms with Crippen molar-refractivity contribution >= 4 is 46.4 Å². The van der Waals surface area contributed by atoms with E-state index in [1.165, 1.54) is 21.6 Å². The van der Waals surface area contributed by atoms with Crippen LogP contribution in [-0.4, -0.2) is 15.3 Å². The van der Waals surface area contributed by atoms with Crippen molar-refractivity contribution in [3.05, 3.63) is 115 Å². The fourth-order valence-corrected chi connectivity index (χ4v) is 4.00. The van der Waals surface area contributed by atoms with Crippen LogP contribution >= 0.6 is 34.8 Å². The van der Waals surface area contributed by atoms with Gasteiger partial charge in [-0.15, -0.1) is 0 Å². The number of benzene rings is 3. The Morgan fingerprint density at radius 1 is 0.886 bits per heavy atom. The van der Waals surface area contributed by atoms with Gasteiger partial charge in [-0.25, -0.2) is 4.68 Å². The Hall–Kier alpha value is -3.20. The minimum Gasteiger partial charge on any atom is -0.322 e. The first-order chi connectivity index (χ1) is 16.5.